The van der Waals surface area contributed by atoms with E-state index in [1.807, 2.05) is 0 Å². The van der Waals surface area contributed by atoms with Crippen molar-refractivity contribution < 1.29 is 79.1 Å². The van der Waals surface area contributed by atoms with Crippen molar-refractivity contribution in [2.24, 2.45) is 0 Å². The van der Waals surface area contributed by atoms with E-state index < -0.39 is 80.3 Å². The molecule has 4 aliphatic rings. The third-order valence-electron chi connectivity index (χ3n) is 27.7. The molecular formula is C73H13F17OSi. The number of alkyl halides is 17. The van der Waals surface area contributed by atoms with Gasteiger partial charge in [0.25, 0.3) is 0 Å². The monoisotopic (exact) mass is 1260 g/mol. The zero-order chi connectivity index (χ0) is 60.9. The van der Waals surface area contributed by atoms with E-state index in [1.165, 1.54) is 280 Å². The van der Waals surface area contributed by atoms with Gasteiger partial charge in [0, 0.05) is 24.4 Å². The highest BCUT2D eigenvalue weighted by atomic mass is 28.4. The lowest BCUT2D eigenvalue weighted by Crippen LogP contribution is -2.74. The van der Waals surface area contributed by atoms with Gasteiger partial charge in [-0.2, -0.15) is 74.6 Å². The highest BCUT2D eigenvalue weighted by Crippen LogP contribution is 2.84. The fourth-order valence-corrected chi connectivity index (χ4v) is 28.8. The van der Waals surface area contributed by atoms with E-state index in [0.717, 1.165) is 32.7 Å². The highest BCUT2D eigenvalue weighted by molar-refractivity contribution is 6.82. The number of hydrogen-bond acceptors (Lipinski definition) is 1. The summed E-state index contributed by atoms with van der Waals surface area (Å²) in [6.45, 7) is 1.73. The van der Waals surface area contributed by atoms with Gasteiger partial charge in [0.05, 0.1) is 0 Å². The summed E-state index contributed by atoms with van der Waals surface area (Å²) in [5, 5.41) is 68.8. The van der Waals surface area contributed by atoms with Crippen LogP contribution >= 0.6 is 0 Å². The Morgan fingerprint density at radius 3 is 0.685 bits per heavy atom. The number of benzene rings is 18. The van der Waals surface area contributed by atoms with Crippen LogP contribution in [0.25, 0.3) is 291 Å². The van der Waals surface area contributed by atoms with Crippen molar-refractivity contribution >= 4 is 299 Å². The second-order valence-corrected chi connectivity index (χ2v) is 34.6. The van der Waals surface area contributed by atoms with Gasteiger partial charge < -0.3 is 4.43 Å². The second-order valence-electron chi connectivity index (χ2n) is 30.4. The molecule has 0 radical (unpaired) electrons. The van der Waals surface area contributed by atoms with Crippen LogP contribution < -0.4 is 0 Å². The van der Waals surface area contributed by atoms with E-state index in [4.69, 9.17) is 4.43 Å². The van der Waals surface area contributed by atoms with Crippen LogP contribution in [-0.2, 0) is 9.84 Å². The molecule has 434 valence electrons. The zero-order valence-corrected chi connectivity index (χ0v) is 46.5. The maximum absolute atomic E-state index is 16.1. The molecule has 0 amide bonds. The Bertz CT molecular complexity index is 7830. The van der Waals surface area contributed by atoms with E-state index >= 15 is 35.1 Å². The molecule has 0 bridgehead atoms. The molecule has 0 unspecified atom stereocenters. The Hall–Kier alpha value is -8.55. The summed E-state index contributed by atoms with van der Waals surface area (Å²) in [5.74, 6) is -57.3. The van der Waals surface area contributed by atoms with Gasteiger partial charge in [0.2, 0.25) is 0 Å². The van der Waals surface area contributed by atoms with Crippen LogP contribution in [0.4, 0.5) is 74.6 Å². The zero-order valence-electron chi connectivity index (χ0n) is 45.5. The van der Waals surface area contributed by atoms with E-state index in [2.05, 4.69) is 0 Å². The Balaban J connectivity index is 0.746. The molecule has 0 saturated heterocycles. The first-order chi connectivity index (χ1) is 43.5. The van der Waals surface area contributed by atoms with Crippen LogP contribution in [-0.4, -0.2) is 62.6 Å². The Morgan fingerprint density at radius 2 is 0.446 bits per heavy atom. The SMILES string of the molecule is C[Si](C)(CC12c3c4c5c6c7c8c(c9c%10c1c1c3c3c%11c4c4c5c5c7c7c%12c8c8c9c9c%10c%10c1c1c3c3c%11c%11c4c4c5c7c5c7c%12c8c8c9c9c%10c1c1c3c3c%11c4c5c4c7c8c9c1c34)C62)OCCC(F)(F)C(F)(F)C(F)(F)C(F)(F)C(F)(F)C(F)(F)C(F)(F)C(F)(F)F. The van der Waals surface area contributed by atoms with Gasteiger partial charge in [0.15, 0.2) is 8.32 Å². The summed E-state index contributed by atoms with van der Waals surface area (Å²) in [6, 6.07) is 0.0608. The van der Waals surface area contributed by atoms with Crippen molar-refractivity contribution in [2.45, 2.75) is 84.5 Å². The first kappa shape index (κ1) is 44.1. The van der Waals surface area contributed by atoms with E-state index in [-0.39, 0.29) is 6.04 Å². The lowest BCUT2D eigenvalue weighted by Gasteiger charge is -2.48. The van der Waals surface area contributed by atoms with Gasteiger partial charge in [0.1, 0.15) is 0 Å². The van der Waals surface area contributed by atoms with Crippen molar-refractivity contribution in [3.05, 3.63) is 22.3 Å². The van der Waals surface area contributed by atoms with Crippen molar-refractivity contribution in [3.63, 3.8) is 0 Å². The summed E-state index contributed by atoms with van der Waals surface area (Å²) in [6.07, 6.45) is -10.4. The van der Waals surface area contributed by atoms with Crippen molar-refractivity contribution in [1.82, 2.24) is 0 Å². The third-order valence-corrected chi connectivity index (χ3v) is 30.1. The lowest BCUT2D eigenvalue weighted by molar-refractivity contribution is -0.461. The van der Waals surface area contributed by atoms with Crippen LogP contribution in [0.5, 0.6) is 0 Å². The topological polar surface area (TPSA) is 9.23 Å². The average Bonchev–Trinajstić information content (AvgIpc) is 1.39. The average molecular weight is 1260 g/mol. The molecule has 0 aromatic heterocycles. The molecule has 28 aromatic carbocycles. The fourth-order valence-electron chi connectivity index (χ4n) is 26.2. The molecule has 0 fully saturated rings. The maximum Gasteiger partial charge on any atom is 0.460 e. The molecule has 0 aliphatic heterocycles. The molecule has 4 aliphatic carbocycles. The summed E-state index contributed by atoms with van der Waals surface area (Å²) in [7, 11) is -3.94. The molecule has 92 heavy (non-hydrogen) atoms. The molecule has 28 aromatic rings. The van der Waals surface area contributed by atoms with Crippen molar-refractivity contribution in [1.29, 1.82) is 0 Å². The molecule has 0 N–H and O–H groups in total. The molecule has 0 atom stereocenters. The second kappa shape index (κ2) is 10.1. The number of halogens is 17. The minimum atomic E-state index is -8.70. The van der Waals surface area contributed by atoms with Gasteiger partial charge in [-0.3, -0.25) is 0 Å². The van der Waals surface area contributed by atoms with Crippen LogP contribution in [0.1, 0.15) is 34.6 Å². The minimum Gasteiger partial charge on any atom is -0.417 e. The van der Waals surface area contributed by atoms with Crippen molar-refractivity contribution in [2.75, 3.05) is 6.61 Å². The molecule has 32 rings (SSSR count). The van der Waals surface area contributed by atoms with E-state index in [9.17, 15) is 39.5 Å². The summed E-state index contributed by atoms with van der Waals surface area (Å²) < 4.78 is 256. The predicted octanol–water partition coefficient (Wildman–Crippen LogP) is 23.8. The number of rotatable bonds is 12. The van der Waals surface area contributed by atoms with Gasteiger partial charge in [-0.1, -0.05) is 0 Å². The minimum absolute atomic E-state index is 0.0608. The Morgan fingerprint density at radius 1 is 0.261 bits per heavy atom. The molecule has 0 spiro atoms. The van der Waals surface area contributed by atoms with Crippen LogP contribution in [0, 0.1) is 0 Å². The third kappa shape index (κ3) is 2.79. The van der Waals surface area contributed by atoms with E-state index in [1.54, 1.807) is 13.1 Å². The smallest absolute Gasteiger partial charge is 0.417 e. The molecule has 0 heterocycles. The summed E-state index contributed by atoms with van der Waals surface area (Å²) >= 11 is 0. The maximum atomic E-state index is 16.1. The summed E-state index contributed by atoms with van der Waals surface area (Å²) in [4.78, 5) is 0. The summed E-state index contributed by atoms with van der Waals surface area (Å²) in [5.41, 5.74) is 3.39. The predicted molar refractivity (Wildman–Crippen MR) is 328 cm³/mol. The lowest BCUT2D eigenvalue weighted by atomic mass is 9.58. The first-order valence-corrected chi connectivity index (χ1v) is 33.7. The fraction of sp³-hybridized carbons (Fsp3) is 0.205. The first-order valence-electron chi connectivity index (χ1n) is 30.6. The van der Waals surface area contributed by atoms with Gasteiger partial charge >= 0.3 is 47.6 Å². The van der Waals surface area contributed by atoms with Gasteiger partial charge in [-0.25, -0.2) is 0 Å². The Labute approximate surface area is 489 Å². The van der Waals surface area contributed by atoms with E-state index in [0.29, 0.717) is 0 Å². The van der Waals surface area contributed by atoms with Crippen LogP contribution in [0.15, 0.2) is 0 Å². The van der Waals surface area contributed by atoms with Crippen LogP contribution in [0.2, 0.25) is 19.1 Å². The van der Waals surface area contributed by atoms with Gasteiger partial charge in [-0.15, -0.1) is 0 Å². The largest absolute Gasteiger partial charge is 0.460 e. The van der Waals surface area contributed by atoms with Crippen molar-refractivity contribution in [3.8, 4) is 0 Å². The standard InChI is InChI=1S/C73H13F17OSi/c1-92(2,91-4-3-66(74,75)67(76,77)68(78,79)69(80,81)70(82,83)71(84,85)72(86,87)73(88,89)90)5-65-62-58-52-38-30-22-10-7-6-8-11(10)23-25-21-15(8)17-13-9(6)12-16-14(7)20-24(22)36(38)44-42-28(20)26(16)34-32-18(12)19(13)33-35-27(17)29(21)43-45-37(25)39(31(23)30)53(52)59(62)55(45)57-49(43)47(35)51-41(33)40(32)50-46(34)48(42)56(54(44)58)63(65)60(50)61(51)64(57)65/h62H,3-5H2,1-2H3. The molecular weight excluding hydrogens is 1240 g/mol. The molecule has 19 heteroatoms. The molecule has 1 nitrogen and oxygen atoms in total. The number of hydrogen-bond donors (Lipinski definition) is 0. The normalized spacial score (nSPS) is 20.4. The molecule has 0 saturated carbocycles. The Kier molecular flexibility index (Phi) is 4.85. The van der Waals surface area contributed by atoms with Crippen LogP contribution in [0.3, 0.4) is 0 Å². The quantitative estimate of drug-likeness (QED) is 0.0673. The van der Waals surface area contributed by atoms with Gasteiger partial charge in [-0.05, 0) is 332 Å². The highest BCUT2D eigenvalue weighted by Gasteiger charge is 2.95.